The Labute approximate surface area is 340 Å². The number of rotatable bonds is 13. The van der Waals surface area contributed by atoms with Crippen molar-refractivity contribution < 1.29 is 47.9 Å². The highest BCUT2D eigenvalue weighted by Crippen LogP contribution is 2.61. The molecule has 5 unspecified atom stereocenters. The lowest BCUT2D eigenvalue weighted by Crippen LogP contribution is -2.50. The van der Waals surface area contributed by atoms with Crippen molar-refractivity contribution >= 4 is 11.8 Å². The number of allylic oxidation sites excluding steroid dienone is 2. The van der Waals surface area contributed by atoms with E-state index in [9.17, 15) is 14.7 Å². The lowest BCUT2D eigenvalue weighted by molar-refractivity contribution is -0.236. The molecule has 0 spiro atoms. The zero-order chi connectivity index (χ0) is 41.3. The van der Waals surface area contributed by atoms with Crippen LogP contribution < -0.4 is 0 Å². The van der Waals surface area contributed by atoms with Gasteiger partial charge in [0.2, 0.25) is 0 Å². The van der Waals surface area contributed by atoms with E-state index in [-0.39, 0.29) is 90.5 Å². The summed E-state index contributed by atoms with van der Waals surface area (Å²) in [6.07, 6.45) is 4.04. The second kappa shape index (κ2) is 19.0. The summed E-state index contributed by atoms with van der Waals surface area (Å²) >= 11 is 0. The van der Waals surface area contributed by atoms with Crippen LogP contribution in [0.4, 0.5) is 0 Å². The lowest BCUT2D eigenvalue weighted by Gasteiger charge is -2.40. The molecule has 0 amide bonds. The third kappa shape index (κ3) is 9.26. The number of aromatic nitrogens is 2. The van der Waals surface area contributed by atoms with Gasteiger partial charge in [0, 0.05) is 56.7 Å². The predicted molar refractivity (Wildman–Crippen MR) is 213 cm³/mol. The highest BCUT2D eigenvalue weighted by molar-refractivity contribution is 5.99. The molecular weight excluding hydrogens is 730 g/mol. The van der Waals surface area contributed by atoms with E-state index in [1.54, 1.807) is 21.3 Å². The molecule has 0 bridgehead atoms. The number of hydrogen-bond donors (Lipinski definition) is 2. The molecule has 13 nitrogen and oxygen atoms in total. The van der Waals surface area contributed by atoms with E-state index in [2.05, 4.69) is 43.9 Å². The Morgan fingerprint density at radius 1 is 0.982 bits per heavy atom. The molecule has 1 saturated carbocycles. The number of H-pyrrole nitrogens is 1. The van der Waals surface area contributed by atoms with E-state index in [0.717, 1.165) is 42.9 Å². The summed E-state index contributed by atoms with van der Waals surface area (Å²) in [7, 11) is 8.93. The summed E-state index contributed by atoms with van der Waals surface area (Å²) in [6.45, 7) is 12.2. The van der Waals surface area contributed by atoms with Crippen molar-refractivity contribution in [3.8, 4) is 0 Å². The second-order valence-electron chi connectivity index (χ2n) is 18.0. The van der Waals surface area contributed by atoms with E-state index >= 15 is 0 Å². The lowest BCUT2D eigenvalue weighted by atomic mass is 9.67. The van der Waals surface area contributed by atoms with Gasteiger partial charge in [0.1, 0.15) is 24.1 Å². The topological polar surface area (TPSA) is 151 Å². The fourth-order valence-electron chi connectivity index (χ4n) is 11.1. The number of fused-ring (bicyclic) bond motifs is 8. The van der Waals surface area contributed by atoms with E-state index < -0.39 is 24.4 Å². The van der Waals surface area contributed by atoms with Gasteiger partial charge < -0.3 is 48.1 Å². The maximum Gasteiger partial charge on any atom is 0.306 e. The van der Waals surface area contributed by atoms with E-state index in [1.807, 2.05) is 27.7 Å². The number of aryl methyl sites for hydroxylation is 1. The minimum absolute atomic E-state index is 0.00868. The number of carbonyl (C=O) groups excluding carboxylic acids is 2. The van der Waals surface area contributed by atoms with Crippen LogP contribution in [0.25, 0.3) is 0 Å². The summed E-state index contributed by atoms with van der Waals surface area (Å²) in [6, 6.07) is 0.313. The molecule has 322 valence electrons. The maximum absolute atomic E-state index is 15.0. The average molecular weight is 802 g/mol. The monoisotopic (exact) mass is 802 g/mol. The molecule has 6 rings (SSSR count). The van der Waals surface area contributed by atoms with Crippen molar-refractivity contribution in [2.24, 2.45) is 29.6 Å². The van der Waals surface area contributed by atoms with Gasteiger partial charge in [0.05, 0.1) is 36.5 Å². The van der Waals surface area contributed by atoms with Crippen LogP contribution in [0.15, 0.2) is 11.6 Å². The van der Waals surface area contributed by atoms with Gasteiger partial charge in [0.15, 0.2) is 18.4 Å². The molecular formula is C44H71N3O10. The van der Waals surface area contributed by atoms with E-state index in [1.165, 1.54) is 0 Å². The van der Waals surface area contributed by atoms with Gasteiger partial charge >= 0.3 is 5.97 Å². The van der Waals surface area contributed by atoms with Crippen LogP contribution in [0.3, 0.4) is 0 Å². The Hall–Kier alpha value is -2.23. The summed E-state index contributed by atoms with van der Waals surface area (Å²) in [5, 5.41) is 11.5. The minimum Gasteiger partial charge on any atom is -0.462 e. The first-order valence-corrected chi connectivity index (χ1v) is 21.6. The fraction of sp³-hybridized carbons (Fsp3) is 0.841. The molecule has 0 radical (unpaired) electrons. The molecule has 13 heteroatoms. The minimum atomic E-state index is -1.26. The third-order valence-corrected chi connectivity index (χ3v) is 14.0. The molecule has 3 fully saturated rings. The second-order valence-corrected chi connectivity index (χ2v) is 18.0. The van der Waals surface area contributed by atoms with Gasteiger partial charge in [-0.3, -0.25) is 9.59 Å². The number of aromatic amines is 1. The molecule has 3 heterocycles. The van der Waals surface area contributed by atoms with Crippen LogP contribution in [-0.2, 0) is 42.7 Å². The van der Waals surface area contributed by atoms with Crippen LogP contribution in [0.5, 0.6) is 0 Å². The molecule has 0 aromatic carbocycles. The van der Waals surface area contributed by atoms with E-state index in [0.29, 0.717) is 37.3 Å². The number of nitrogens with one attached hydrogen (secondary N) is 1. The molecule has 3 aliphatic carbocycles. The Balaban J connectivity index is 1.29. The number of carbonyl (C=O) groups is 2. The Bertz CT molecular complexity index is 1550. The number of esters is 1. The molecule has 1 aromatic heterocycles. The summed E-state index contributed by atoms with van der Waals surface area (Å²) in [5.74, 6) is -0.223. The van der Waals surface area contributed by atoms with Crippen LogP contribution in [0.2, 0.25) is 0 Å². The largest absolute Gasteiger partial charge is 0.462 e. The molecule has 2 aliphatic heterocycles. The van der Waals surface area contributed by atoms with E-state index in [4.69, 9.17) is 38.1 Å². The number of ketones is 1. The molecule has 2 saturated heterocycles. The van der Waals surface area contributed by atoms with Gasteiger partial charge in [0.25, 0.3) is 0 Å². The highest BCUT2D eigenvalue weighted by atomic mass is 16.7. The van der Waals surface area contributed by atoms with Crippen LogP contribution in [-0.4, -0.2) is 129 Å². The molecule has 57 heavy (non-hydrogen) atoms. The van der Waals surface area contributed by atoms with Crippen LogP contribution >= 0.6 is 0 Å². The van der Waals surface area contributed by atoms with Crippen molar-refractivity contribution in [1.29, 1.82) is 0 Å². The Morgan fingerprint density at radius 2 is 1.70 bits per heavy atom. The highest BCUT2D eigenvalue weighted by Gasteiger charge is 2.56. The SMILES string of the molecule is CC[C@H]1CCC[C@H](O[C@H]2CC[C@H](N(C)C)C(C)O2)[C@@H](C)C(=O)C2=C[C@H]3[C@@H]4C[C@H](OC(O)C(OC)C(OC)C(OC)C(C)C)C[C@H]4c4nc(C)[nH]c4[C@H]3[C@@H]2CC(=O)O1. The van der Waals surface area contributed by atoms with Gasteiger partial charge in [-0.25, -0.2) is 4.98 Å². The van der Waals surface area contributed by atoms with Crippen LogP contribution in [0, 0.1) is 36.5 Å². The Morgan fingerprint density at radius 3 is 2.33 bits per heavy atom. The molecule has 16 atom stereocenters. The number of ether oxygens (including phenoxy) is 7. The van der Waals surface area contributed by atoms with Gasteiger partial charge in [-0.1, -0.05) is 33.8 Å². The van der Waals surface area contributed by atoms with Crippen molar-refractivity contribution in [3.05, 3.63) is 28.9 Å². The molecule has 1 aromatic rings. The van der Waals surface area contributed by atoms with Crippen molar-refractivity contribution in [1.82, 2.24) is 14.9 Å². The van der Waals surface area contributed by atoms with Gasteiger partial charge in [-0.15, -0.1) is 0 Å². The normalized spacial score (nSPS) is 36.9. The number of imidazole rings is 1. The number of nitrogens with zero attached hydrogens (tertiary/aromatic N) is 2. The quantitative estimate of drug-likeness (QED) is 0.183. The smallest absolute Gasteiger partial charge is 0.306 e. The first-order valence-electron chi connectivity index (χ1n) is 21.6. The standard InChI is InChI=1S/C44H71N3O10/c1-12-26-14-13-15-34(57-36-17-16-33(47(7)8)24(5)54-36)23(4)40(49)32-20-29-28-18-27(56-44(50)43(53-11)42(52-10)41(51-9)22(2)3)19-31(28)38-39(46-25(6)45-38)37(29)30(32)21-35(48)55-26/h20,22-24,26-31,33-34,36-37,41-44,50H,12-19,21H2,1-11H3,(H,45,46)/t23-,24?,26+,27+,28+,29+,30-,31-,33+,34+,36+,37-,41?,42?,43?,44?/m1/s1. The zero-order valence-corrected chi connectivity index (χ0v) is 36.3. The number of cyclic esters (lactones) is 1. The third-order valence-electron chi connectivity index (χ3n) is 14.0. The molecule has 2 N–H and O–H groups in total. The van der Waals surface area contributed by atoms with Crippen LogP contribution in [0.1, 0.15) is 121 Å². The zero-order valence-electron chi connectivity index (χ0n) is 36.3. The van der Waals surface area contributed by atoms with Gasteiger partial charge in [-0.05, 0) is 103 Å². The molecule has 5 aliphatic rings. The summed E-state index contributed by atoms with van der Waals surface area (Å²) in [4.78, 5) is 39.6. The predicted octanol–water partition coefficient (Wildman–Crippen LogP) is 5.83. The Kier molecular flexibility index (Phi) is 14.8. The maximum atomic E-state index is 15.0. The number of Topliss-reactive ketones (excluding diaryl/α,β-unsaturated/α-hetero) is 1. The van der Waals surface area contributed by atoms with Crippen molar-refractivity contribution in [3.63, 3.8) is 0 Å². The first-order chi connectivity index (χ1) is 27.2. The van der Waals surface area contributed by atoms with Gasteiger partial charge in [-0.2, -0.15) is 0 Å². The number of likely N-dealkylation sites (N-methyl/N-ethyl adjacent to an activating group) is 1. The first kappa shape index (κ1) is 44.3. The summed E-state index contributed by atoms with van der Waals surface area (Å²) in [5.41, 5.74) is 2.65. The fourth-order valence-corrected chi connectivity index (χ4v) is 11.1. The van der Waals surface area contributed by atoms with Crippen molar-refractivity contribution in [2.45, 2.75) is 173 Å². The average Bonchev–Trinajstić information content (AvgIpc) is 3.87. The number of hydrogen-bond acceptors (Lipinski definition) is 12. The number of methoxy groups -OCH3 is 3. The number of aliphatic hydroxyl groups excluding tert-OH is 1. The number of aliphatic hydroxyl groups is 1. The summed E-state index contributed by atoms with van der Waals surface area (Å²) < 4.78 is 43.2. The van der Waals surface area contributed by atoms with Crippen molar-refractivity contribution in [2.75, 3.05) is 35.4 Å².